The van der Waals surface area contributed by atoms with Crippen LogP contribution in [0.15, 0.2) is 10.7 Å². The summed E-state index contributed by atoms with van der Waals surface area (Å²) in [7, 11) is 1.86. The van der Waals surface area contributed by atoms with Crippen molar-refractivity contribution in [2.75, 3.05) is 0 Å². The Hall–Kier alpha value is -0.640. The first kappa shape index (κ1) is 11.4. The molecule has 0 fully saturated rings. The van der Waals surface area contributed by atoms with Gasteiger partial charge >= 0.3 is 0 Å². The molecule has 1 aromatic heterocycles. The Kier molecular flexibility index (Phi) is 3.86. The molecule has 78 valence electrons. The molecule has 0 aliphatic rings. The topological polar surface area (TPSA) is 34.9 Å². The number of hydrogen-bond donors (Lipinski definition) is 0. The van der Waals surface area contributed by atoms with E-state index >= 15 is 0 Å². The van der Waals surface area contributed by atoms with Crippen LogP contribution in [-0.4, -0.2) is 16.1 Å². The Morgan fingerprint density at radius 1 is 1.64 bits per heavy atom. The van der Waals surface area contributed by atoms with Crippen molar-refractivity contribution in [2.45, 2.75) is 26.2 Å². The highest BCUT2D eigenvalue weighted by Gasteiger charge is 2.19. The van der Waals surface area contributed by atoms with Gasteiger partial charge in [0.05, 0.1) is 22.3 Å². The summed E-state index contributed by atoms with van der Waals surface area (Å²) < 4.78 is 2.67. The quantitative estimate of drug-likeness (QED) is 0.779. The number of aromatic nitrogens is 2. The highest BCUT2D eigenvalue weighted by Crippen LogP contribution is 2.27. The molecule has 1 unspecified atom stereocenters. The second-order valence-corrected chi connectivity index (χ2v) is 4.73. The summed E-state index contributed by atoms with van der Waals surface area (Å²) in [4.78, 5) is 11.0. The van der Waals surface area contributed by atoms with Crippen molar-refractivity contribution in [3.8, 4) is 0 Å². The summed E-state index contributed by atoms with van der Waals surface area (Å²) in [5.41, 5.74) is 0.966. The largest absolute Gasteiger partial charge is 0.303 e. The van der Waals surface area contributed by atoms with Crippen LogP contribution in [0.25, 0.3) is 0 Å². The predicted molar refractivity (Wildman–Crippen MR) is 59.2 cm³/mol. The molecule has 0 aliphatic heterocycles. The molecular weight excluding hydrogens is 244 g/mol. The molecule has 3 nitrogen and oxygen atoms in total. The lowest BCUT2D eigenvalue weighted by atomic mass is 9.95. The lowest BCUT2D eigenvalue weighted by Crippen LogP contribution is -2.10. The minimum atomic E-state index is -0.0584. The Bertz CT molecular complexity index is 300. The van der Waals surface area contributed by atoms with Crippen LogP contribution in [0.4, 0.5) is 0 Å². The number of carbonyl (C=O) groups excluding carboxylic acids is 1. The maximum atomic E-state index is 11.0. The van der Waals surface area contributed by atoms with Gasteiger partial charge in [-0.2, -0.15) is 5.10 Å². The van der Waals surface area contributed by atoms with Crippen molar-refractivity contribution >= 4 is 22.2 Å². The summed E-state index contributed by atoms with van der Waals surface area (Å²) in [6.07, 6.45) is 3.59. The Morgan fingerprint density at radius 3 is 2.64 bits per heavy atom. The third kappa shape index (κ3) is 2.44. The van der Waals surface area contributed by atoms with E-state index in [2.05, 4.69) is 34.9 Å². The normalized spacial score (nSPS) is 13.2. The van der Waals surface area contributed by atoms with Gasteiger partial charge in [0.15, 0.2) is 0 Å². The van der Waals surface area contributed by atoms with Crippen LogP contribution in [0.3, 0.4) is 0 Å². The SMILES string of the molecule is CC(C)CC(C=O)c1c(Br)cnn1C. The third-order valence-corrected chi connectivity index (χ3v) is 2.79. The van der Waals surface area contributed by atoms with Gasteiger partial charge in [-0.05, 0) is 28.3 Å². The molecule has 0 saturated carbocycles. The van der Waals surface area contributed by atoms with E-state index in [0.29, 0.717) is 5.92 Å². The van der Waals surface area contributed by atoms with E-state index in [-0.39, 0.29) is 5.92 Å². The van der Waals surface area contributed by atoms with Crippen molar-refractivity contribution in [3.05, 3.63) is 16.4 Å². The van der Waals surface area contributed by atoms with Crippen LogP contribution in [-0.2, 0) is 11.8 Å². The van der Waals surface area contributed by atoms with Crippen molar-refractivity contribution in [2.24, 2.45) is 13.0 Å². The van der Waals surface area contributed by atoms with Gasteiger partial charge in [-0.15, -0.1) is 0 Å². The molecule has 1 aromatic rings. The first-order chi connectivity index (χ1) is 6.56. The first-order valence-corrected chi connectivity index (χ1v) is 5.48. The molecular formula is C10H15BrN2O. The van der Waals surface area contributed by atoms with Crippen LogP contribution >= 0.6 is 15.9 Å². The van der Waals surface area contributed by atoms with E-state index < -0.39 is 0 Å². The monoisotopic (exact) mass is 258 g/mol. The van der Waals surface area contributed by atoms with Crippen LogP contribution < -0.4 is 0 Å². The van der Waals surface area contributed by atoms with Gasteiger partial charge < -0.3 is 4.79 Å². The highest BCUT2D eigenvalue weighted by molar-refractivity contribution is 9.10. The van der Waals surface area contributed by atoms with Gasteiger partial charge in [0.25, 0.3) is 0 Å². The van der Waals surface area contributed by atoms with Gasteiger partial charge in [0.1, 0.15) is 6.29 Å². The van der Waals surface area contributed by atoms with E-state index in [1.54, 1.807) is 10.9 Å². The zero-order chi connectivity index (χ0) is 10.7. The molecule has 4 heteroatoms. The van der Waals surface area contributed by atoms with Crippen molar-refractivity contribution in [1.82, 2.24) is 9.78 Å². The zero-order valence-electron chi connectivity index (χ0n) is 8.70. The summed E-state index contributed by atoms with van der Waals surface area (Å²) in [6, 6.07) is 0. The minimum absolute atomic E-state index is 0.0584. The number of halogens is 1. The standard InChI is InChI=1S/C10H15BrN2O/c1-7(2)4-8(6-14)10-9(11)5-12-13(10)3/h5-8H,4H2,1-3H3. The van der Waals surface area contributed by atoms with Gasteiger partial charge in [0.2, 0.25) is 0 Å². The predicted octanol–water partition coefficient (Wildman–Crippen LogP) is 2.51. The molecule has 0 aliphatic carbocycles. The number of nitrogens with zero attached hydrogens (tertiary/aromatic N) is 2. The van der Waals surface area contributed by atoms with Gasteiger partial charge in [-0.1, -0.05) is 13.8 Å². The summed E-state index contributed by atoms with van der Waals surface area (Å²) in [5.74, 6) is 0.448. The average Bonchev–Trinajstić information content (AvgIpc) is 2.43. The molecule has 1 rings (SSSR count). The Balaban J connectivity index is 2.94. The van der Waals surface area contributed by atoms with Gasteiger partial charge in [-0.3, -0.25) is 4.68 Å². The zero-order valence-corrected chi connectivity index (χ0v) is 10.3. The van der Waals surface area contributed by atoms with E-state index in [1.165, 1.54) is 0 Å². The highest BCUT2D eigenvalue weighted by atomic mass is 79.9. The summed E-state index contributed by atoms with van der Waals surface area (Å²) in [6.45, 7) is 4.22. The number of aldehydes is 1. The number of rotatable bonds is 4. The van der Waals surface area contributed by atoms with E-state index in [9.17, 15) is 4.79 Å². The van der Waals surface area contributed by atoms with E-state index in [4.69, 9.17) is 0 Å². The summed E-state index contributed by atoms with van der Waals surface area (Å²) >= 11 is 3.41. The molecule has 0 aromatic carbocycles. The fraction of sp³-hybridized carbons (Fsp3) is 0.600. The lowest BCUT2D eigenvalue weighted by molar-refractivity contribution is -0.109. The van der Waals surface area contributed by atoms with Crippen molar-refractivity contribution < 1.29 is 4.79 Å². The fourth-order valence-corrected chi connectivity index (χ4v) is 2.22. The summed E-state index contributed by atoms with van der Waals surface area (Å²) in [5, 5.41) is 4.10. The molecule has 0 radical (unpaired) electrons. The number of carbonyl (C=O) groups is 1. The molecule has 0 amide bonds. The Morgan fingerprint density at radius 2 is 2.29 bits per heavy atom. The second-order valence-electron chi connectivity index (χ2n) is 3.87. The van der Waals surface area contributed by atoms with Crippen LogP contribution in [0.5, 0.6) is 0 Å². The first-order valence-electron chi connectivity index (χ1n) is 4.69. The van der Waals surface area contributed by atoms with Crippen LogP contribution in [0, 0.1) is 5.92 Å². The van der Waals surface area contributed by atoms with Gasteiger partial charge in [-0.25, -0.2) is 0 Å². The van der Waals surface area contributed by atoms with Crippen molar-refractivity contribution in [1.29, 1.82) is 0 Å². The second kappa shape index (κ2) is 4.73. The van der Waals surface area contributed by atoms with Crippen LogP contribution in [0.2, 0.25) is 0 Å². The lowest BCUT2D eigenvalue weighted by Gasteiger charge is -2.13. The Labute approximate surface area is 92.6 Å². The molecule has 1 heterocycles. The van der Waals surface area contributed by atoms with E-state index in [1.807, 2.05) is 7.05 Å². The molecule has 1 atom stereocenters. The molecule has 0 saturated heterocycles. The maximum absolute atomic E-state index is 11.0. The van der Waals surface area contributed by atoms with Crippen LogP contribution in [0.1, 0.15) is 31.9 Å². The smallest absolute Gasteiger partial charge is 0.129 e. The van der Waals surface area contributed by atoms with Gasteiger partial charge in [0, 0.05) is 7.05 Å². The van der Waals surface area contributed by atoms with E-state index in [0.717, 1.165) is 22.9 Å². The fourth-order valence-electron chi connectivity index (χ4n) is 1.58. The number of aryl methyl sites for hydroxylation is 1. The third-order valence-electron chi connectivity index (χ3n) is 2.18. The molecule has 0 spiro atoms. The maximum Gasteiger partial charge on any atom is 0.129 e. The average molecular weight is 259 g/mol. The van der Waals surface area contributed by atoms with Crippen molar-refractivity contribution in [3.63, 3.8) is 0 Å². The minimum Gasteiger partial charge on any atom is -0.303 e. The molecule has 14 heavy (non-hydrogen) atoms. The molecule has 0 N–H and O–H groups in total. The molecule has 0 bridgehead atoms. The number of hydrogen-bond acceptors (Lipinski definition) is 2.